The van der Waals surface area contributed by atoms with Crippen molar-refractivity contribution in [1.82, 2.24) is 14.4 Å². The van der Waals surface area contributed by atoms with Gasteiger partial charge >= 0.3 is 5.97 Å². The number of aromatic nitrogens is 3. The summed E-state index contributed by atoms with van der Waals surface area (Å²) in [6, 6.07) is 3.79. The summed E-state index contributed by atoms with van der Waals surface area (Å²) >= 11 is 5.94. The molecule has 0 aromatic carbocycles. The molecular weight excluding hydrogens is 477 g/mol. The summed E-state index contributed by atoms with van der Waals surface area (Å²) in [5, 5.41) is 3.25. The minimum atomic E-state index is -0.689. The number of carbonyl (C=O) groups excluding carboxylic acids is 2. The number of ether oxygens (including phenoxy) is 1. The van der Waals surface area contributed by atoms with Crippen molar-refractivity contribution in [3.63, 3.8) is 0 Å². The van der Waals surface area contributed by atoms with Gasteiger partial charge in [0.05, 0.1) is 29.9 Å². The van der Waals surface area contributed by atoms with Crippen LogP contribution in [0.5, 0.6) is 0 Å². The number of amides is 1. The number of fused-ring (bicyclic) bond motifs is 1. The smallest absolute Gasteiger partial charge is 0.358 e. The number of pyridine rings is 2. The maximum atomic E-state index is 14.6. The van der Waals surface area contributed by atoms with Crippen LogP contribution in [0.4, 0.5) is 10.1 Å². The van der Waals surface area contributed by atoms with Gasteiger partial charge in [0.2, 0.25) is 5.91 Å². The number of anilines is 1. The fourth-order valence-electron chi connectivity index (χ4n) is 5.57. The molecule has 3 aliphatic rings. The van der Waals surface area contributed by atoms with Crippen LogP contribution in [0, 0.1) is 18.2 Å². The molecule has 1 atom stereocenters. The number of nitrogens with one attached hydrogen (secondary N) is 1. The number of nitrogens with two attached hydrogens (primary N) is 1. The van der Waals surface area contributed by atoms with Crippen LogP contribution in [0.15, 0.2) is 29.2 Å². The van der Waals surface area contributed by atoms with Gasteiger partial charge in [-0.1, -0.05) is 11.6 Å². The van der Waals surface area contributed by atoms with E-state index in [2.05, 4.69) is 10.3 Å². The van der Waals surface area contributed by atoms with Crippen LogP contribution in [0.25, 0.3) is 5.65 Å². The topological polar surface area (TPSA) is 129 Å². The molecule has 182 valence electrons. The lowest BCUT2D eigenvalue weighted by Crippen LogP contribution is -2.70. The molecule has 3 aliphatic carbocycles. The van der Waals surface area contributed by atoms with Gasteiger partial charge in [0, 0.05) is 22.7 Å². The fraction of sp³-hybridized carbons (Fsp3) is 0.375. The lowest BCUT2D eigenvalue weighted by molar-refractivity contribution is -0.173. The molecule has 3 N–H and O–H groups in total. The van der Waals surface area contributed by atoms with Gasteiger partial charge in [-0.15, -0.1) is 0 Å². The van der Waals surface area contributed by atoms with E-state index in [9.17, 15) is 18.8 Å². The monoisotopic (exact) mass is 499 g/mol. The molecule has 0 spiro atoms. The average Bonchev–Trinajstić information content (AvgIpc) is 2.75. The van der Waals surface area contributed by atoms with E-state index in [0.717, 1.165) is 6.20 Å². The van der Waals surface area contributed by atoms with E-state index in [1.807, 2.05) is 0 Å². The van der Waals surface area contributed by atoms with Crippen LogP contribution in [0.3, 0.4) is 0 Å². The molecule has 3 saturated carbocycles. The lowest BCUT2D eigenvalue weighted by Gasteiger charge is -2.68. The summed E-state index contributed by atoms with van der Waals surface area (Å²) in [5.41, 5.74) is 6.34. The Kier molecular flexibility index (Phi) is 5.14. The fourth-order valence-corrected chi connectivity index (χ4v) is 5.72. The normalized spacial score (nSPS) is 23.2. The second-order valence-electron chi connectivity index (χ2n) is 9.54. The standard InChI is InChI=1S/C24H23ClFN5O4/c1-11-18(23-8-24(9-23,10-23)22(27)34)30-19-14(6-13(26)7-31(19)20(11)32)12(2)28-15-4-5-16(25)29-17(15)21(33)35-3/h4-7,12,28H,8-10H2,1-3H3,(H2,27,34)/t12-,23?,24?/m1/s1. The summed E-state index contributed by atoms with van der Waals surface area (Å²) < 4.78 is 20.6. The van der Waals surface area contributed by atoms with Crippen LogP contribution in [-0.4, -0.2) is 33.4 Å². The Morgan fingerprint density at radius 3 is 2.60 bits per heavy atom. The van der Waals surface area contributed by atoms with E-state index in [1.165, 1.54) is 23.6 Å². The van der Waals surface area contributed by atoms with Crippen molar-refractivity contribution in [1.29, 1.82) is 0 Å². The molecule has 3 aromatic rings. The van der Waals surface area contributed by atoms with Crippen molar-refractivity contribution in [2.45, 2.75) is 44.6 Å². The van der Waals surface area contributed by atoms with Crippen LogP contribution < -0.4 is 16.6 Å². The molecule has 0 aliphatic heterocycles. The van der Waals surface area contributed by atoms with E-state index < -0.39 is 23.2 Å². The van der Waals surface area contributed by atoms with E-state index in [-0.39, 0.29) is 33.4 Å². The summed E-state index contributed by atoms with van der Waals surface area (Å²) in [7, 11) is 1.23. The minimum absolute atomic E-state index is 0.0279. The number of rotatable bonds is 6. The Bertz CT molecular complexity index is 1470. The quantitative estimate of drug-likeness (QED) is 0.394. The molecule has 11 heteroatoms. The van der Waals surface area contributed by atoms with Gasteiger partial charge in [-0.2, -0.15) is 0 Å². The molecular formula is C24H23ClFN5O4. The first-order valence-electron chi connectivity index (χ1n) is 11.0. The molecule has 3 aromatic heterocycles. The van der Waals surface area contributed by atoms with E-state index in [4.69, 9.17) is 27.1 Å². The third-order valence-corrected chi connectivity index (χ3v) is 7.49. The van der Waals surface area contributed by atoms with Crippen LogP contribution in [0.1, 0.15) is 59.5 Å². The van der Waals surface area contributed by atoms with E-state index in [0.29, 0.717) is 41.8 Å². The number of primary amides is 1. The van der Waals surface area contributed by atoms with Gasteiger partial charge in [0.15, 0.2) is 5.69 Å². The first-order valence-corrected chi connectivity index (χ1v) is 11.4. The van der Waals surface area contributed by atoms with Crippen molar-refractivity contribution in [2.24, 2.45) is 11.1 Å². The highest BCUT2D eigenvalue weighted by molar-refractivity contribution is 6.29. The maximum absolute atomic E-state index is 14.6. The number of methoxy groups -OCH3 is 1. The van der Waals surface area contributed by atoms with Crippen molar-refractivity contribution in [2.75, 3.05) is 12.4 Å². The average molecular weight is 500 g/mol. The highest BCUT2D eigenvalue weighted by Gasteiger charge is 2.72. The third kappa shape index (κ3) is 3.38. The van der Waals surface area contributed by atoms with Crippen molar-refractivity contribution in [3.8, 4) is 0 Å². The number of esters is 1. The first kappa shape index (κ1) is 23.2. The molecule has 0 unspecified atom stereocenters. The zero-order valence-electron chi connectivity index (χ0n) is 19.3. The van der Waals surface area contributed by atoms with Gasteiger partial charge in [-0.3, -0.25) is 14.0 Å². The highest BCUT2D eigenvalue weighted by atomic mass is 35.5. The van der Waals surface area contributed by atoms with Crippen LogP contribution in [0.2, 0.25) is 5.15 Å². The molecule has 6 rings (SSSR count). The van der Waals surface area contributed by atoms with Gasteiger partial charge in [-0.25, -0.2) is 19.2 Å². The van der Waals surface area contributed by atoms with Crippen molar-refractivity contribution in [3.05, 3.63) is 68.2 Å². The van der Waals surface area contributed by atoms with Gasteiger partial charge in [0.25, 0.3) is 5.56 Å². The molecule has 1 amide bonds. The molecule has 2 bridgehead atoms. The van der Waals surface area contributed by atoms with Gasteiger partial charge in [0.1, 0.15) is 16.6 Å². The number of carbonyl (C=O) groups is 2. The molecule has 3 heterocycles. The number of hydrogen-bond acceptors (Lipinski definition) is 7. The highest BCUT2D eigenvalue weighted by Crippen LogP contribution is 2.73. The van der Waals surface area contributed by atoms with Crippen LogP contribution in [-0.2, 0) is 14.9 Å². The largest absolute Gasteiger partial charge is 0.464 e. The van der Waals surface area contributed by atoms with Crippen molar-refractivity contribution < 1.29 is 18.7 Å². The molecule has 0 saturated heterocycles. The zero-order valence-corrected chi connectivity index (χ0v) is 20.1. The summed E-state index contributed by atoms with van der Waals surface area (Å²) in [6.45, 7) is 3.42. The second kappa shape index (κ2) is 7.74. The Balaban J connectivity index is 1.59. The van der Waals surface area contributed by atoms with E-state index >= 15 is 0 Å². The molecule has 35 heavy (non-hydrogen) atoms. The first-order chi connectivity index (χ1) is 16.5. The minimum Gasteiger partial charge on any atom is -0.464 e. The number of nitrogens with zero attached hydrogens (tertiary/aromatic N) is 3. The zero-order chi connectivity index (χ0) is 25.3. The Morgan fingerprint density at radius 2 is 1.97 bits per heavy atom. The summed E-state index contributed by atoms with van der Waals surface area (Å²) in [4.78, 5) is 46.1. The lowest BCUT2D eigenvalue weighted by atomic mass is 9.33. The summed E-state index contributed by atoms with van der Waals surface area (Å²) in [6.07, 6.45) is 2.78. The summed E-state index contributed by atoms with van der Waals surface area (Å²) in [5.74, 6) is -1.63. The Morgan fingerprint density at radius 1 is 1.29 bits per heavy atom. The Labute approximate surface area is 204 Å². The number of hydrogen-bond donors (Lipinski definition) is 2. The Hall–Kier alpha value is -3.53. The van der Waals surface area contributed by atoms with Gasteiger partial charge < -0.3 is 15.8 Å². The van der Waals surface area contributed by atoms with Crippen molar-refractivity contribution >= 4 is 34.8 Å². The predicted molar refractivity (Wildman–Crippen MR) is 126 cm³/mol. The number of halogens is 2. The molecule has 3 fully saturated rings. The van der Waals surface area contributed by atoms with Crippen LogP contribution >= 0.6 is 11.6 Å². The third-order valence-electron chi connectivity index (χ3n) is 7.28. The molecule has 9 nitrogen and oxygen atoms in total. The molecule has 0 radical (unpaired) electrons. The SMILES string of the molecule is COC(=O)c1nc(Cl)ccc1N[C@H](C)c1cc(F)cn2c(=O)c(C)c(C34CC(C(N)=O)(C3)C4)nc12. The predicted octanol–water partition coefficient (Wildman–Crippen LogP) is 3.06. The van der Waals surface area contributed by atoms with Gasteiger partial charge in [-0.05, 0) is 51.3 Å². The second-order valence-corrected chi connectivity index (χ2v) is 9.93. The van der Waals surface area contributed by atoms with E-state index in [1.54, 1.807) is 19.9 Å². The maximum Gasteiger partial charge on any atom is 0.358 e.